The van der Waals surface area contributed by atoms with Crippen LogP contribution in [0.25, 0.3) is 0 Å². The van der Waals surface area contributed by atoms with Crippen molar-refractivity contribution in [1.82, 2.24) is 4.31 Å². The van der Waals surface area contributed by atoms with E-state index in [1.165, 1.54) is 0 Å². The Kier molecular flexibility index (Phi) is 4.43. The van der Waals surface area contributed by atoms with E-state index < -0.39 is 10.0 Å². The first-order valence-electron chi connectivity index (χ1n) is 7.11. The Morgan fingerprint density at radius 2 is 2.10 bits per heavy atom. The predicted molar refractivity (Wildman–Crippen MR) is 84.3 cm³/mol. The third kappa shape index (κ3) is 3.13. The van der Waals surface area contributed by atoms with Gasteiger partial charge in [0.15, 0.2) is 0 Å². The van der Waals surface area contributed by atoms with Crippen LogP contribution in [0.2, 0.25) is 0 Å². The molecule has 0 aliphatic carbocycles. The van der Waals surface area contributed by atoms with E-state index in [-0.39, 0.29) is 5.54 Å². The molecular weight excluding hydrogens is 284 g/mol. The van der Waals surface area contributed by atoms with Crippen molar-refractivity contribution in [2.45, 2.75) is 44.0 Å². The van der Waals surface area contributed by atoms with Crippen molar-refractivity contribution in [1.29, 1.82) is 0 Å². The minimum Gasteiger partial charge on any atom is -0.320 e. The van der Waals surface area contributed by atoms with E-state index in [2.05, 4.69) is 11.8 Å². The molecule has 1 saturated heterocycles. The predicted octanol–water partition coefficient (Wildman–Crippen LogP) is 1.87. The molecule has 0 atom stereocenters. The molecule has 2 N–H and O–H groups in total. The highest BCUT2D eigenvalue weighted by Crippen LogP contribution is 2.34. The molecule has 5 heteroatoms. The topological polar surface area (TPSA) is 63.4 Å². The van der Waals surface area contributed by atoms with E-state index in [1.54, 1.807) is 22.5 Å². The second kappa shape index (κ2) is 5.80. The summed E-state index contributed by atoms with van der Waals surface area (Å²) in [7, 11) is -3.45. The third-order valence-corrected chi connectivity index (χ3v) is 6.04. The van der Waals surface area contributed by atoms with Crippen LogP contribution in [-0.2, 0) is 10.0 Å². The lowest BCUT2D eigenvalue weighted by atomic mass is 10.0. The molecule has 1 fully saturated rings. The Bertz CT molecular complexity index is 697. The number of nitrogens with two attached hydrogens (primary N) is 1. The quantitative estimate of drug-likeness (QED) is 0.848. The van der Waals surface area contributed by atoms with Crippen LogP contribution in [-0.4, -0.2) is 31.4 Å². The number of benzene rings is 1. The average molecular weight is 306 g/mol. The molecule has 21 heavy (non-hydrogen) atoms. The van der Waals surface area contributed by atoms with Gasteiger partial charge in [0.1, 0.15) is 0 Å². The van der Waals surface area contributed by atoms with Gasteiger partial charge < -0.3 is 5.73 Å². The molecule has 1 heterocycles. The number of hydrogen-bond donors (Lipinski definition) is 1. The van der Waals surface area contributed by atoms with E-state index in [4.69, 9.17) is 5.73 Å². The maximum atomic E-state index is 12.8. The zero-order valence-electron chi connectivity index (χ0n) is 12.8. The molecule has 2 rings (SSSR count). The van der Waals surface area contributed by atoms with E-state index in [0.29, 0.717) is 18.0 Å². The first kappa shape index (κ1) is 16.0. The van der Waals surface area contributed by atoms with Gasteiger partial charge in [0.25, 0.3) is 0 Å². The van der Waals surface area contributed by atoms with Crippen LogP contribution in [0, 0.1) is 18.8 Å². The first-order valence-corrected chi connectivity index (χ1v) is 8.55. The van der Waals surface area contributed by atoms with Crippen LogP contribution < -0.4 is 5.73 Å². The summed E-state index contributed by atoms with van der Waals surface area (Å²) in [6.45, 7) is 6.70. The van der Waals surface area contributed by atoms with Crippen molar-refractivity contribution in [2.75, 3.05) is 13.1 Å². The maximum Gasteiger partial charge on any atom is 0.243 e. The molecule has 0 amide bonds. The van der Waals surface area contributed by atoms with E-state index in [0.717, 1.165) is 24.0 Å². The number of sulfonamides is 1. The van der Waals surface area contributed by atoms with Gasteiger partial charge in [-0.2, -0.15) is 4.31 Å². The molecule has 1 aromatic carbocycles. The summed E-state index contributed by atoms with van der Waals surface area (Å²) in [6, 6.07) is 5.09. The zero-order chi connectivity index (χ0) is 15.7. The molecule has 0 aromatic heterocycles. The SMILES string of the molecule is Cc1cc(S(=O)(=O)N2CCCC2(C)C)ccc1C#CCN. The summed E-state index contributed by atoms with van der Waals surface area (Å²) in [5.74, 6) is 5.74. The zero-order valence-corrected chi connectivity index (χ0v) is 13.6. The van der Waals surface area contributed by atoms with Gasteiger partial charge in [0, 0.05) is 17.6 Å². The lowest BCUT2D eigenvalue weighted by Crippen LogP contribution is -2.42. The van der Waals surface area contributed by atoms with Crippen LogP contribution in [0.1, 0.15) is 37.8 Å². The summed E-state index contributed by atoms with van der Waals surface area (Å²) in [5, 5.41) is 0. The standard InChI is InChI=1S/C16H22N2O2S/c1-13-12-15(8-7-14(13)6-4-10-17)21(19,20)18-11-5-9-16(18,2)3/h7-8,12H,5,9-11,17H2,1-3H3. The molecule has 0 radical (unpaired) electrons. The molecule has 1 aliphatic heterocycles. The van der Waals surface area contributed by atoms with Gasteiger partial charge in [-0.1, -0.05) is 11.8 Å². The highest BCUT2D eigenvalue weighted by Gasteiger charge is 2.40. The van der Waals surface area contributed by atoms with Gasteiger partial charge in [-0.15, -0.1) is 0 Å². The van der Waals surface area contributed by atoms with Crippen LogP contribution in [0.3, 0.4) is 0 Å². The van der Waals surface area contributed by atoms with Crippen molar-refractivity contribution in [3.05, 3.63) is 29.3 Å². The Hall–Kier alpha value is -1.35. The van der Waals surface area contributed by atoms with Crippen molar-refractivity contribution in [2.24, 2.45) is 5.73 Å². The molecule has 1 aliphatic rings. The molecule has 4 nitrogen and oxygen atoms in total. The molecule has 0 saturated carbocycles. The van der Waals surface area contributed by atoms with Crippen LogP contribution in [0.4, 0.5) is 0 Å². The number of aryl methyl sites for hydroxylation is 1. The highest BCUT2D eigenvalue weighted by molar-refractivity contribution is 7.89. The number of hydrogen-bond acceptors (Lipinski definition) is 3. The van der Waals surface area contributed by atoms with Gasteiger partial charge in [0.05, 0.1) is 11.4 Å². The first-order chi connectivity index (χ1) is 9.79. The molecule has 0 spiro atoms. The maximum absolute atomic E-state index is 12.8. The fourth-order valence-corrected chi connectivity index (χ4v) is 4.67. The fourth-order valence-electron chi connectivity index (χ4n) is 2.74. The van der Waals surface area contributed by atoms with Crippen molar-refractivity contribution in [3.8, 4) is 11.8 Å². The Morgan fingerprint density at radius 1 is 1.38 bits per heavy atom. The molecule has 0 bridgehead atoms. The van der Waals surface area contributed by atoms with Gasteiger partial charge in [-0.25, -0.2) is 8.42 Å². The Labute approximate surface area is 127 Å². The number of rotatable bonds is 2. The normalized spacial score (nSPS) is 18.3. The van der Waals surface area contributed by atoms with Crippen LogP contribution in [0.5, 0.6) is 0 Å². The summed E-state index contributed by atoms with van der Waals surface area (Å²) < 4.78 is 27.2. The van der Waals surface area contributed by atoms with E-state index in [9.17, 15) is 8.42 Å². The summed E-state index contributed by atoms with van der Waals surface area (Å²) in [4.78, 5) is 0.341. The van der Waals surface area contributed by atoms with Crippen molar-refractivity contribution < 1.29 is 8.42 Å². The number of nitrogens with zero attached hydrogens (tertiary/aromatic N) is 1. The summed E-state index contributed by atoms with van der Waals surface area (Å²) in [6.07, 6.45) is 1.80. The summed E-state index contributed by atoms with van der Waals surface area (Å²) in [5.41, 5.74) is 6.72. The Balaban J connectivity index is 2.40. The molecule has 1 aromatic rings. The van der Waals surface area contributed by atoms with E-state index >= 15 is 0 Å². The second-order valence-corrected chi connectivity index (χ2v) is 7.84. The minimum absolute atomic E-state index is 0.293. The highest BCUT2D eigenvalue weighted by atomic mass is 32.2. The van der Waals surface area contributed by atoms with Crippen molar-refractivity contribution >= 4 is 10.0 Å². The minimum atomic E-state index is -3.45. The van der Waals surface area contributed by atoms with Gasteiger partial charge >= 0.3 is 0 Å². The smallest absolute Gasteiger partial charge is 0.243 e. The largest absolute Gasteiger partial charge is 0.320 e. The Morgan fingerprint density at radius 3 is 2.62 bits per heavy atom. The molecule has 0 unspecified atom stereocenters. The van der Waals surface area contributed by atoms with Gasteiger partial charge in [0.2, 0.25) is 10.0 Å². The van der Waals surface area contributed by atoms with Crippen LogP contribution in [0.15, 0.2) is 23.1 Å². The summed E-state index contributed by atoms with van der Waals surface area (Å²) >= 11 is 0. The second-order valence-electron chi connectivity index (χ2n) is 5.98. The van der Waals surface area contributed by atoms with Gasteiger partial charge in [-0.3, -0.25) is 0 Å². The monoisotopic (exact) mass is 306 g/mol. The molecule has 114 valence electrons. The lowest BCUT2D eigenvalue weighted by molar-refractivity contribution is 0.291. The van der Waals surface area contributed by atoms with Gasteiger partial charge in [-0.05, 0) is 57.4 Å². The van der Waals surface area contributed by atoms with E-state index in [1.807, 2.05) is 20.8 Å². The lowest BCUT2D eigenvalue weighted by Gasteiger charge is -2.30. The fraction of sp³-hybridized carbons (Fsp3) is 0.500. The van der Waals surface area contributed by atoms with Crippen molar-refractivity contribution in [3.63, 3.8) is 0 Å². The molecular formula is C16H22N2O2S. The third-order valence-electron chi connectivity index (χ3n) is 3.94. The average Bonchev–Trinajstić information content (AvgIpc) is 2.77. The van der Waals surface area contributed by atoms with Crippen LogP contribution >= 0.6 is 0 Å².